The van der Waals surface area contributed by atoms with Crippen molar-refractivity contribution in [2.45, 2.75) is 0 Å². The van der Waals surface area contributed by atoms with E-state index in [0.29, 0.717) is 27.7 Å². The topological polar surface area (TPSA) is 150 Å². The minimum absolute atomic E-state index is 0.434. The highest BCUT2D eigenvalue weighted by Gasteiger charge is 2.15. The molecule has 3 N–H and O–H groups in total. The SMILES string of the molecule is Clc1cccc(-c2[nH]nc3nccnc23)n1.c1cc(-c2[nH]nc3nccnc23)nc(N2CCNCC2)c1. The Labute approximate surface area is 215 Å². The highest BCUT2D eigenvalue weighted by Crippen LogP contribution is 2.24. The Morgan fingerprint density at radius 1 is 0.676 bits per heavy atom. The summed E-state index contributed by atoms with van der Waals surface area (Å²) in [5.74, 6) is 0.987. The van der Waals surface area contributed by atoms with Crippen LogP contribution in [0.5, 0.6) is 0 Å². The van der Waals surface area contributed by atoms with E-state index in [1.54, 1.807) is 30.9 Å². The molecule has 0 radical (unpaired) electrons. The molecule has 1 aliphatic heterocycles. The monoisotopic (exact) mass is 512 g/mol. The predicted octanol–water partition coefficient (Wildman–Crippen LogP) is 2.89. The van der Waals surface area contributed by atoms with Crippen LogP contribution in [0.25, 0.3) is 45.1 Å². The van der Waals surface area contributed by atoms with Crippen LogP contribution in [0.2, 0.25) is 5.15 Å². The highest BCUT2D eigenvalue weighted by molar-refractivity contribution is 6.29. The molecule has 1 fully saturated rings. The lowest BCUT2D eigenvalue weighted by molar-refractivity contribution is 0.585. The third-order valence-corrected chi connectivity index (χ3v) is 5.99. The lowest BCUT2D eigenvalue weighted by Gasteiger charge is -2.28. The van der Waals surface area contributed by atoms with Crippen LogP contribution < -0.4 is 10.2 Å². The average molecular weight is 513 g/mol. The van der Waals surface area contributed by atoms with Crippen LogP contribution in [0.1, 0.15) is 0 Å². The van der Waals surface area contributed by atoms with Crippen molar-refractivity contribution in [2.24, 2.45) is 0 Å². The molecule has 0 atom stereocenters. The van der Waals surface area contributed by atoms with Gasteiger partial charge in [-0.3, -0.25) is 10.2 Å². The van der Waals surface area contributed by atoms with Gasteiger partial charge in [-0.05, 0) is 24.3 Å². The standard InChI is InChI=1S/C14H15N7.C10H6ClN5/c1-2-10(12-13-14(20-19-12)17-5-4-16-13)18-11(3-1)21-8-6-15-7-9-21;11-7-3-1-2-6(14-7)8-9-10(16-15-8)13-5-4-12-9/h1-5,15H,6-9H2,(H,17,19,20);1-5H,(H,13,15,16). The van der Waals surface area contributed by atoms with Crippen LogP contribution in [0.15, 0.2) is 61.2 Å². The van der Waals surface area contributed by atoms with Gasteiger partial charge in [-0.25, -0.2) is 29.9 Å². The van der Waals surface area contributed by atoms with Crippen molar-refractivity contribution in [1.29, 1.82) is 0 Å². The molecule has 6 aromatic heterocycles. The molecule has 12 nitrogen and oxygen atoms in total. The molecule has 6 aromatic rings. The van der Waals surface area contributed by atoms with Crippen LogP contribution in [0.4, 0.5) is 5.82 Å². The summed E-state index contributed by atoms with van der Waals surface area (Å²) in [6, 6.07) is 11.4. The molecule has 1 aliphatic rings. The number of rotatable bonds is 3. The quantitative estimate of drug-likeness (QED) is 0.302. The van der Waals surface area contributed by atoms with Crippen molar-refractivity contribution in [2.75, 3.05) is 31.1 Å². The van der Waals surface area contributed by atoms with Crippen LogP contribution in [0.3, 0.4) is 0 Å². The Hall–Kier alpha value is -4.55. The second-order valence-electron chi connectivity index (χ2n) is 8.12. The number of fused-ring (bicyclic) bond motifs is 2. The van der Waals surface area contributed by atoms with E-state index >= 15 is 0 Å². The van der Waals surface area contributed by atoms with E-state index in [-0.39, 0.29) is 0 Å². The maximum absolute atomic E-state index is 5.83. The third kappa shape index (κ3) is 4.79. The fraction of sp³-hybridized carbons (Fsp3) is 0.167. The van der Waals surface area contributed by atoms with Crippen molar-refractivity contribution < 1.29 is 0 Å². The van der Waals surface area contributed by atoms with Crippen LogP contribution >= 0.6 is 11.6 Å². The van der Waals surface area contributed by atoms with Gasteiger partial charge in [0.25, 0.3) is 0 Å². The van der Waals surface area contributed by atoms with E-state index in [1.807, 2.05) is 30.3 Å². The van der Waals surface area contributed by atoms with Crippen LogP contribution in [-0.4, -0.2) is 76.5 Å². The fourth-order valence-corrected chi connectivity index (χ4v) is 4.20. The van der Waals surface area contributed by atoms with Gasteiger partial charge >= 0.3 is 0 Å². The fourth-order valence-electron chi connectivity index (χ4n) is 4.04. The van der Waals surface area contributed by atoms with Crippen molar-refractivity contribution in [3.8, 4) is 22.8 Å². The molecule has 1 saturated heterocycles. The van der Waals surface area contributed by atoms with Crippen molar-refractivity contribution in [3.05, 3.63) is 66.3 Å². The first-order valence-electron chi connectivity index (χ1n) is 11.6. The molecule has 0 unspecified atom stereocenters. The number of halogens is 1. The number of nitrogens with one attached hydrogen (secondary N) is 3. The molecule has 7 heterocycles. The lowest BCUT2D eigenvalue weighted by Crippen LogP contribution is -2.43. The van der Waals surface area contributed by atoms with Gasteiger partial charge in [-0.2, -0.15) is 10.2 Å². The number of hydrogen-bond acceptors (Lipinski definition) is 10. The van der Waals surface area contributed by atoms with E-state index in [9.17, 15) is 0 Å². The predicted molar refractivity (Wildman–Crippen MR) is 140 cm³/mol. The molecule has 7 rings (SSSR count). The van der Waals surface area contributed by atoms with Crippen molar-refractivity contribution >= 4 is 39.7 Å². The van der Waals surface area contributed by atoms with E-state index in [1.165, 1.54) is 0 Å². The number of aromatic amines is 2. The van der Waals surface area contributed by atoms with Gasteiger partial charge in [0, 0.05) is 51.0 Å². The molecule has 0 aromatic carbocycles. The van der Waals surface area contributed by atoms with Gasteiger partial charge in [0.2, 0.25) is 0 Å². The number of piperazine rings is 1. The summed E-state index contributed by atoms with van der Waals surface area (Å²) in [6.07, 6.45) is 6.52. The second-order valence-corrected chi connectivity index (χ2v) is 8.51. The van der Waals surface area contributed by atoms with Gasteiger partial charge in [-0.1, -0.05) is 23.7 Å². The van der Waals surface area contributed by atoms with Gasteiger partial charge < -0.3 is 10.2 Å². The number of H-pyrrole nitrogens is 2. The van der Waals surface area contributed by atoms with Gasteiger partial charge in [-0.15, -0.1) is 0 Å². The van der Waals surface area contributed by atoms with Crippen LogP contribution in [-0.2, 0) is 0 Å². The minimum Gasteiger partial charge on any atom is -0.354 e. The van der Waals surface area contributed by atoms with Crippen LogP contribution in [0, 0.1) is 0 Å². The summed E-state index contributed by atoms with van der Waals surface area (Å²) < 4.78 is 0. The largest absolute Gasteiger partial charge is 0.354 e. The summed E-state index contributed by atoms with van der Waals surface area (Å²) in [5.41, 5.74) is 5.71. The maximum Gasteiger partial charge on any atom is 0.200 e. The molecule has 0 spiro atoms. The molecule has 13 heteroatoms. The Bertz CT molecular complexity index is 1660. The van der Waals surface area contributed by atoms with Crippen molar-refractivity contribution in [1.82, 2.24) is 55.6 Å². The lowest BCUT2D eigenvalue weighted by atomic mass is 10.2. The molecule has 0 bridgehead atoms. The average Bonchev–Trinajstić information content (AvgIpc) is 3.59. The number of hydrogen-bond donors (Lipinski definition) is 3. The van der Waals surface area contributed by atoms with Gasteiger partial charge in [0.05, 0.1) is 11.4 Å². The number of aromatic nitrogens is 10. The molecule has 0 saturated carbocycles. The third-order valence-electron chi connectivity index (χ3n) is 5.78. The summed E-state index contributed by atoms with van der Waals surface area (Å²) in [6.45, 7) is 3.93. The molecular weight excluding hydrogens is 492 g/mol. The molecule has 184 valence electrons. The van der Waals surface area contributed by atoms with Crippen molar-refractivity contribution in [3.63, 3.8) is 0 Å². The number of anilines is 1. The zero-order valence-corrected chi connectivity index (χ0v) is 20.3. The molecule has 37 heavy (non-hydrogen) atoms. The highest BCUT2D eigenvalue weighted by atomic mass is 35.5. The Morgan fingerprint density at radius 3 is 1.86 bits per heavy atom. The summed E-state index contributed by atoms with van der Waals surface area (Å²) >= 11 is 5.83. The first-order valence-corrected chi connectivity index (χ1v) is 12.0. The minimum atomic E-state index is 0.434. The Kier molecular flexibility index (Phi) is 6.31. The molecular formula is C24H21ClN12. The Morgan fingerprint density at radius 2 is 1.24 bits per heavy atom. The smallest absolute Gasteiger partial charge is 0.200 e. The van der Waals surface area contributed by atoms with E-state index in [4.69, 9.17) is 16.6 Å². The zero-order chi connectivity index (χ0) is 25.0. The van der Waals surface area contributed by atoms with E-state index in [0.717, 1.165) is 54.6 Å². The normalized spacial score (nSPS) is 13.5. The maximum atomic E-state index is 5.83. The van der Waals surface area contributed by atoms with Gasteiger partial charge in [0.1, 0.15) is 33.4 Å². The summed E-state index contributed by atoms with van der Waals surface area (Å²) in [4.78, 5) is 28.0. The molecule has 0 aliphatic carbocycles. The van der Waals surface area contributed by atoms with E-state index in [2.05, 4.69) is 55.5 Å². The zero-order valence-electron chi connectivity index (χ0n) is 19.5. The summed E-state index contributed by atoms with van der Waals surface area (Å²) in [7, 11) is 0. The summed E-state index contributed by atoms with van der Waals surface area (Å²) in [5, 5.41) is 17.9. The second kappa shape index (κ2) is 10.2. The Balaban J connectivity index is 0.000000141. The first kappa shape index (κ1) is 22.9. The first-order chi connectivity index (χ1) is 18.3. The number of nitrogens with zero attached hydrogens (tertiary/aromatic N) is 9. The van der Waals surface area contributed by atoms with Gasteiger partial charge in [0.15, 0.2) is 11.3 Å². The number of pyridine rings is 2. The molecule has 0 amide bonds. The van der Waals surface area contributed by atoms with E-state index < -0.39 is 0 Å².